The molecule has 0 amide bonds. The smallest absolute Gasteiger partial charge is 0.340 e. The van der Waals surface area contributed by atoms with Gasteiger partial charge in [0, 0.05) is 4.80 Å². The summed E-state index contributed by atoms with van der Waals surface area (Å²) in [7, 11) is 0. The molecule has 5 heteroatoms. The number of aromatic nitrogens is 4. The van der Waals surface area contributed by atoms with E-state index in [9.17, 15) is 0 Å². The molecule has 0 aliphatic rings. The Morgan fingerprint density at radius 1 is 0.769 bits per heavy atom. The summed E-state index contributed by atoms with van der Waals surface area (Å²) in [5.74, 6) is 0.698. The van der Waals surface area contributed by atoms with Crippen LogP contribution in [0.5, 0.6) is 0 Å². The fourth-order valence-electron chi connectivity index (χ4n) is 2.83. The number of aryl methyl sites for hydroxylation is 2. The van der Waals surface area contributed by atoms with Gasteiger partial charge in [-0.15, -0.1) is 0 Å². The maximum Gasteiger partial charge on any atom is 0.340 e. The van der Waals surface area contributed by atoms with E-state index >= 15 is 0 Å². The first kappa shape index (κ1) is 17.8. The Bertz CT molecular complexity index is 962. The van der Waals surface area contributed by atoms with Crippen LogP contribution in [0.4, 0.5) is 0 Å². The highest BCUT2D eigenvalue weighted by Crippen LogP contribution is 2.15. The molecular formula is C21H19ClN4. The van der Waals surface area contributed by atoms with E-state index in [0.717, 1.165) is 16.9 Å². The molecule has 0 atom stereocenters. The lowest BCUT2D eigenvalue weighted by molar-refractivity contribution is -0.734. The van der Waals surface area contributed by atoms with Crippen molar-refractivity contribution in [3.8, 4) is 22.8 Å². The number of rotatable bonds is 3. The zero-order valence-electron chi connectivity index (χ0n) is 14.7. The quantitative estimate of drug-likeness (QED) is 0.506. The Balaban J connectivity index is 0.00000196. The van der Waals surface area contributed by atoms with Crippen molar-refractivity contribution in [1.29, 1.82) is 0 Å². The number of nitrogens with zero attached hydrogens (tertiary/aromatic N) is 4. The summed E-state index contributed by atoms with van der Waals surface area (Å²) in [4.78, 5) is 3.70. The van der Waals surface area contributed by atoms with Gasteiger partial charge in [-0.3, -0.25) is 0 Å². The molecule has 4 rings (SSSR count). The molecule has 0 saturated heterocycles. The van der Waals surface area contributed by atoms with Gasteiger partial charge in [-0.25, -0.2) is 0 Å². The molecule has 0 unspecified atom stereocenters. The lowest BCUT2D eigenvalue weighted by Gasteiger charge is -2.01. The predicted octanol–water partition coefficient (Wildman–Crippen LogP) is 0.832. The fourth-order valence-corrected chi connectivity index (χ4v) is 2.83. The van der Waals surface area contributed by atoms with Gasteiger partial charge in [-0.2, -0.15) is 0 Å². The van der Waals surface area contributed by atoms with Crippen LogP contribution in [0.1, 0.15) is 11.1 Å². The third-order valence-electron chi connectivity index (χ3n) is 4.06. The van der Waals surface area contributed by atoms with E-state index in [1.807, 2.05) is 64.2 Å². The fraction of sp³-hybridized carbons (Fsp3) is 0.0952. The summed E-state index contributed by atoms with van der Waals surface area (Å²) in [5, 5.41) is 9.53. The third-order valence-corrected chi connectivity index (χ3v) is 4.06. The number of hydrogen-bond donors (Lipinski definition) is 0. The molecule has 0 bridgehead atoms. The normalized spacial score (nSPS) is 10.4. The summed E-state index contributed by atoms with van der Waals surface area (Å²) in [6.45, 7) is 4.16. The highest BCUT2D eigenvalue weighted by Gasteiger charge is 2.23. The van der Waals surface area contributed by atoms with E-state index in [2.05, 4.69) is 38.1 Å². The Morgan fingerprint density at radius 2 is 1.46 bits per heavy atom. The van der Waals surface area contributed by atoms with Crippen LogP contribution in [-0.2, 0) is 0 Å². The van der Waals surface area contributed by atoms with E-state index < -0.39 is 0 Å². The molecule has 0 N–H and O–H groups in total. The van der Waals surface area contributed by atoms with Crippen molar-refractivity contribution in [3.63, 3.8) is 0 Å². The Kier molecular flexibility index (Phi) is 5.14. The highest BCUT2D eigenvalue weighted by molar-refractivity contribution is 5.53. The zero-order valence-corrected chi connectivity index (χ0v) is 15.4. The molecule has 4 aromatic rings. The first-order valence-electron chi connectivity index (χ1n) is 8.30. The predicted molar refractivity (Wildman–Crippen MR) is 97.8 cm³/mol. The topological polar surface area (TPSA) is 34.6 Å². The maximum absolute atomic E-state index is 4.77. The lowest BCUT2D eigenvalue weighted by Crippen LogP contribution is -3.00. The maximum atomic E-state index is 4.77. The summed E-state index contributed by atoms with van der Waals surface area (Å²) in [6.07, 6.45) is 0. The Hall–Kier alpha value is -2.98. The molecule has 0 spiro atoms. The molecule has 130 valence electrons. The monoisotopic (exact) mass is 362 g/mol. The van der Waals surface area contributed by atoms with Gasteiger partial charge in [0.1, 0.15) is 5.69 Å². The van der Waals surface area contributed by atoms with Crippen LogP contribution in [0, 0.1) is 13.8 Å². The van der Waals surface area contributed by atoms with Crippen molar-refractivity contribution < 1.29 is 17.2 Å². The van der Waals surface area contributed by atoms with E-state index in [4.69, 9.17) is 10.2 Å². The van der Waals surface area contributed by atoms with Gasteiger partial charge in [-0.1, -0.05) is 42.5 Å². The molecule has 1 heterocycles. The largest absolute Gasteiger partial charge is 1.00 e. The van der Waals surface area contributed by atoms with Gasteiger partial charge in [0.05, 0.1) is 10.7 Å². The lowest BCUT2D eigenvalue weighted by atomic mass is 10.2. The SMILES string of the molecule is Cc1cccc(-n2nc(-c3ccccc3)n[n+]2-c2cccc(C)c2)c1.[Cl-]. The molecule has 0 aliphatic heterocycles. The summed E-state index contributed by atoms with van der Waals surface area (Å²) >= 11 is 0. The van der Waals surface area contributed by atoms with Crippen LogP contribution in [0.15, 0.2) is 78.9 Å². The molecule has 0 radical (unpaired) electrons. The van der Waals surface area contributed by atoms with Gasteiger partial charge in [-0.05, 0) is 71.3 Å². The van der Waals surface area contributed by atoms with Gasteiger partial charge in [0.2, 0.25) is 0 Å². The van der Waals surface area contributed by atoms with E-state index in [0.29, 0.717) is 5.82 Å². The summed E-state index contributed by atoms with van der Waals surface area (Å²) in [5.41, 5.74) is 5.33. The van der Waals surface area contributed by atoms with Crippen molar-refractivity contribution in [2.24, 2.45) is 0 Å². The molecule has 0 saturated carbocycles. The van der Waals surface area contributed by atoms with Gasteiger partial charge in [0.15, 0.2) is 5.69 Å². The first-order chi connectivity index (χ1) is 12.2. The molecule has 0 aliphatic carbocycles. The molecule has 4 nitrogen and oxygen atoms in total. The van der Waals surface area contributed by atoms with Crippen LogP contribution in [0.25, 0.3) is 22.8 Å². The third kappa shape index (κ3) is 3.51. The zero-order chi connectivity index (χ0) is 17.2. The average Bonchev–Trinajstić information content (AvgIpc) is 3.08. The molecule has 0 fully saturated rings. The van der Waals surface area contributed by atoms with Crippen molar-refractivity contribution in [3.05, 3.63) is 90.0 Å². The number of hydrogen-bond acceptors (Lipinski definition) is 2. The minimum absolute atomic E-state index is 0. The van der Waals surface area contributed by atoms with Gasteiger partial charge < -0.3 is 12.4 Å². The molecule has 1 aromatic heterocycles. The number of benzene rings is 3. The van der Waals surface area contributed by atoms with Crippen molar-refractivity contribution in [1.82, 2.24) is 15.0 Å². The average molecular weight is 363 g/mol. The molecular weight excluding hydrogens is 344 g/mol. The highest BCUT2D eigenvalue weighted by atomic mass is 35.5. The van der Waals surface area contributed by atoms with Crippen molar-refractivity contribution in [2.75, 3.05) is 0 Å². The van der Waals surface area contributed by atoms with E-state index in [-0.39, 0.29) is 12.4 Å². The van der Waals surface area contributed by atoms with Crippen LogP contribution in [0.2, 0.25) is 0 Å². The van der Waals surface area contributed by atoms with Gasteiger partial charge in [0.25, 0.3) is 0 Å². The van der Waals surface area contributed by atoms with Crippen molar-refractivity contribution in [2.45, 2.75) is 13.8 Å². The minimum Gasteiger partial charge on any atom is -1.00 e. The Morgan fingerprint density at radius 3 is 2.15 bits per heavy atom. The first-order valence-corrected chi connectivity index (χ1v) is 8.30. The summed E-state index contributed by atoms with van der Waals surface area (Å²) in [6, 6.07) is 26.6. The second-order valence-corrected chi connectivity index (χ2v) is 6.15. The standard InChI is InChI=1S/C21H19N4.ClH/c1-16-8-6-12-19(14-16)24-22-21(18-10-4-3-5-11-18)23-25(24)20-13-7-9-17(2)15-20;/h3-15H,1-2H3;1H/q+1;/p-1. The van der Waals surface area contributed by atoms with E-state index in [1.165, 1.54) is 11.1 Å². The number of halogens is 1. The minimum atomic E-state index is 0. The number of tetrazole rings is 1. The van der Waals surface area contributed by atoms with E-state index in [1.54, 1.807) is 0 Å². The van der Waals surface area contributed by atoms with Crippen LogP contribution in [0.3, 0.4) is 0 Å². The second-order valence-electron chi connectivity index (χ2n) is 6.15. The molecule has 26 heavy (non-hydrogen) atoms. The van der Waals surface area contributed by atoms with Crippen LogP contribution in [-0.4, -0.2) is 15.0 Å². The van der Waals surface area contributed by atoms with Gasteiger partial charge >= 0.3 is 5.82 Å². The van der Waals surface area contributed by atoms with Crippen LogP contribution >= 0.6 is 0 Å². The van der Waals surface area contributed by atoms with Crippen molar-refractivity contribution >= 4 is 0 Å². The summed E-state index contributed by atoms with van der Waals surface area (Å²) < 4.78 is 0. The van der Waals surface area contributed by atoms with Crippen LogP contribution < -0.4 is 17.2 Å². The molecule has 3 aromatic carbocycles. The second kappa shape index (κ2) is 7.50. The Labute approximate surface area is 159 Å².